The average molecular weight is 387 g/mol. The average Bonchev–Trinajstić information content (AvgIpc) is 2.50. The van der Waals surface area contributed by atoms with E-state index < -0.39 is 57.1 Å². The number of phosphoric acid groups is 1. The van der Waals surface area contributed by atoms with Crippen LogP contribution in [0.15, 0.2) is 0 Å². The van der Waals surface area contributed by atoms with E-state index in [2.05, 4.69) is 10.3 Å². The van der Waals surface area contributed by atoms with Gasteiger partial charge in [0.05, 0.1) is 26.9 Å². The Morgan fingerprint density at radius 3 is 2.48 bits per heavy atom. The third kappa shape index (κ3) is 7.62. The zero-order chi connectivity index (χ0) is 19.2. The summed E-state index contributed by atoms with van der Waals surface area (Å²) in [6.07, 6.45) is -4.46. The van der Waals surface area contributed by atoms with Crippen LogP contribution in [0.4, 0.5) is 0 Å². The topological polar surface area (TPSA) is 227 Å². The number of nitrogens with two attached hydrogens (primary N) is 1. The largest absolute Gasteiger partial charge is 0.790 e. The zero-order valence-electron chi connectivity index (χ0n) is 13.4. The number of rotatable bonds is 10. The van der Waals surface area contributed by atoms with Gasteiger partial charge in [0.2, 0.25) is 6.29 Å². The first-order chi connectivity index (χ1) is 11.5. The third-order valence-electron chi connectivity index (χ3n) is 3.94. The van der Waals surface area contributed by atoms with Gasteiger partial charge in [-0.1, -0.05) is 0 Å². The number of carboxylic acids is 1. The minimum Gasteiger partial charge on any atom is -0.790 e. The molecule has 1 rings (SSSR count). The first-order valence-electron chi connectivity index (χ1n) is 7.76. The van der Waals surface area contributed by atoms with E-state index in [4.69, 9.17) is 4.74 Å². The first kappa shape index (κ1) is 22.4. The molecule has 148 valence electrons. The maximum absolute atomic E-state index is 10.5. The Bertz CT molecular complexity index is 475. The van der Waals surface area contributed by atoms with Crippen LogP contribution in [-0.4, -0.2) is 71.1 Å². The highest BCUT2D eigenvalue weighted by atomic mass is 31.2. The van der Waals surface area contributed by atoms with E-state index in [9.17, 15) is 39.6 Å². The van der Waals surface area contributed by atoms with E-state index in [1.54, 1.807) is 0 Å². The van der Waals surface area contributed by atoms with Gasteiger partial charge in [0.1, 0.15) is 24.4 Å². The number of carboxylic acid groups (broad SMARTS) is 1. The summed E-state index contributed by atoms with van der Waals surface area (Å²) in [5.41, 5.74) is 3.42. The van der Waals surface area contributed by atoms with Crippen LogP contribution in [-0.2, 0) is 18.6 Å². The van der Waals surface area contributed by atoms with Crippen LogP contribution in [0.3, 0.4) is 0 Å². The van der Waals surface area contributed by atoms with Gasteiger partial charge < -0.3 is 59.9 Å². The molecule has 0 aliphatic carbocycles. The second-order valence-corrected chi connectivity index (χ2v) is 7.06. The molecular weight excluding hydrogens is 363 g/mol. The van der Waals surface area contributed by atoms with Gasteiger partial charge in [-0.3, -0.25) is 0 Å². The standard InChI is InChI=1S/C12H25N2O10P/c13-6(11(17)18)3-1-2-4-14-8-10(16)9(15)7(24-12(8)19)5-23-25(20,21)22/h6-10,12,14-16,19H,1-5,13H2,(H,17,18)(H2,20,21,22)/p-1/t6-,7+,8+,9+,10+,12+/m0/s1. The van der Waals surface area contributed by atoms with Gasteiger partial charge in [-0.05, 0) is 12.8 Å². The van der Waals surface area contributed by atoms with Gasteiger partial charge in [-0.25, -0.2) is 0 Å². The lowest BCUT2D eigenvalue weighted by molar-refractivity contribution is -0.717. The molecule has 25 heavy (non-hydrogen) atoms. The van der Waals surface area contributed by atoms with Crippen molar-refractivity contribution in [2.24, 2.45) is 0 Å². The molecule has 12 nitrogen and oxygen atoms in total. The van der Waals surface area contributed by atoms with Crippen molar-refractivity contribution in [2.45, 2.75) is 55.9 Å². The van der Waals surface area contributed by atoms with Gasteiger partial charge in [0, 0.05) is 6.42 Å². The van der Waals surface area contributed by atoms with Crippen LogP contribution in [0.2, 0.25) is 0 Å². The Morgan fingerprint density at radius 2 is 1.92 bits per heavy atom. The summed E-state index contributed by atoms with van der Waals surface area (Å²) < 4.78 is 19.4. The predicted molar refractivity (Wildman–Crippen MR) is 72.6 cm³/mol. The number of aliphatic hydroxyl groups is 3. The Kier molecular flexibility index (Phi) is 8.84. The van der Waals surface area contributed by atoms with Crippen molar-refractivity contribution in [3.63, 3.8) is 0 Å². The molecular formula is C12H24N2O10P-. The van der Waals surface area contributed by atoms with Crippen molar-refractivity contribution >= 4 is 13.8 Å². The molecule has 1 aliphatic heterocycles. The van der Waals surface area contributed by atoms with Crippen molar-refractivity contribution < 1.29 is 59.9 Å². The maximum atomic E-state index is 10.5. The van der Waals surface area contributed by atoms with E-state index in [0.29, 0.717) is 25.8 Å². The number of aliphatic hydroxyl groups excluding tert-OH is 3. The molecule has 0 aromatic rings. The number of aliphatic carboxylic acids is 1. The molecule has 0 bridgehead atoms. The van der Waals surface area contributed by atoms with Gasteiger partial charge in [-0.2, -0.15) is 0 Å². The number of carbonyl (C=O) groups excluding carboxylic acids is 1. The number of ether oxygens (including phenoxy) is 1. The van der Waals surface area contributed by atoms with Crippen molar-refractivity contribution in [3.05, 3.63) is 0 Å². The molecule has 1 heterocycles. The van der Waals surface area contributed by atoms with E-state index in [0.717, 1.165) is 0 Å². The lowest BCUT2D eigenvalue weighted by atomic mass is 9.97. The van der Waals surface area contributed by atoms with Crippen molar-refractivity contribution in [2.75, 3.05) is 13.2 Å². The lowest BCUT2D eigenvalue weighted by Gasteiger charge is -2.40. The summed E-state index contributed by atoms with van der Waals surface area (Å²) in [5, 5.41) is 41.8. The molecule has 0 spiro atoms. The molecule has 1 saturated heterocycles. The summed E-state index contributed by atoms with van der Waals surface area (Å²) in [7, 11) is -5.27. The summed E-state index contributed by atoms with van der Waals surface area (Å²) >= 11 is 0. The van der Waals surface area contributed by atoms with Gasteiger partial charge in [0.15, 0.2) is 6.04 Å². The summed E-state index contributed by atoms with van der Waals surface area (Å²) in [6.45, 7) is -0.410. The molecule has 0 unspecified atom stereocenters. The molecule has 6 atom stereocenters. The molecule has 0 saturated carbocycles. The number of hydrogen-bond donors (Lipinski definition) is 5. The highest BCUT2D eigenvalue weighted by Crippen LogP contribution is 2.27. The van der Waals surface area contributed by atoms with E-state index >= 15 is 0 Å². The molecule has 13 heteroatoms. The lowest BCUT2D eigenvalue weighted by Crippen LogP contribution is -2.97. The van der Waals surface area contributed by atoms with Gasteiger partial charge >= 0.3 is 0 Å². The Hall–Kier alpha value is -0.660. The van der Waals surface area contributed by atoms with Crippen LogP contribution < -0.4 is 25.9 Å². The quantitative estimate of drug-likeness (QED) is 0.176. The number of hydrogen-bond acceptors (Lipinski definition) is 10. The minimum atomic E-state index is -5.27. The van der Waals surface area contributed by atoms with E-state index in [1.165, 1.54) is 5.32 Å². The summed E-state index contributed by atoms with van der Waals surface area (Å²) in [4.78, 5) is 31.4. The fourth-order valence-corrected chi connectivity index (χ4v) is 2.82. The van der Waals surface area contributed by atoms with Crippen molar-refractivity contribution in [3.8, 4) is 0 Å². The predicted octanol–water partition coefficient (Wildman–Crippen LogP) is -7.27. The number of quaternary nitrogens is 2. The Morgan fingerprint density at radius 1 is 1.28 bits per heavy atom. The zero-order valence-corrected chi connectivity index (χ0v) is 14.3. The fraction of sp³-hybridized carbons (Fsp3) is 0.917. The van der Waals surface area contributed by atoms with Crippen molar-refractivity contribution in [1.82, 2.24) is 0 Å². The smallest absolute Gasteiger partial charge is 0.211 e. The van der Waals surface area contributed by atoms with Crippen LogP contribution in [0, 0.1) is 0 Å². The maximum Gasteiger partial charge on any atom is 0.211 e. The SMILES string of the molecule is [NH3+][C@@H](CCCC[NH2+][C@@H]1[C@@H](O)[C@H](O)[C@@H](COP(=O)([O-])[O-])O[C@H]1O)C(=O)[O-]. The molecule has 1 fully saturated rings. The van der Waals surface area contributed by atoms with Crippen LogP contribution in [0.25, 0.3) is 0 Å². The van der Waals surface area contributed by atoms with Crippen molar-refractivity contribution in [1.29, 1.82) is 0 Å². The van der Waals surface area contributed by atoms with Crippen LogP contribution in [0.5, 0.6) is 0 Å². The van der Waals surface area contributed by atoms with Crippen LogP contribution >= 0.6 is 7.82 Å². The highest BCUT2D eigenvalue weighted by molar-refractivity contribution is 7.43. The molecule has 0 radical (unpaired) electrons. The monoisotopic (exact) mass is 387 g/mol. The van der Waals surface area contributed by atoms with Crippen LogP contribution in [0.1, 0.15) is 19.3 Å². The van der Waals surface area contributed by atoms with Gasteiger partial charge in [-0.15, -0.1) is 0 Å². The summed E-state index contributed by atoms with van der Waals surface area (Å²) in [6, 6.07) is -1.75. The minimum absolute atomic E-state index is 0.328. The molecule has 1 aliphatic rings. The normalized spacial score (nSPS) is 31.7. The summed E-state index contributed by atoms with van der Waals surface area (Å²) in [5.74, 6) is -1.23. The molecule has 0 aromatic heterocycles. The number of phosphoric ester groups is 1. The second kappa shape index (κ2) is 9.88. The van der Waals surface area contributed by atoms with E-state index in [1.807, 2.05) is 0 Å². The third-order valence-corrected chi connectivity index (χ3v) is 4.41. The second-order valence-electron chi connectivity index (χ2n) is 5.90. The number of unbranched alkanes of at least 4 members (excludes halogenated alkanes) is 1. The molecule has 0 amide bonds. The van der Waals surface area contributed by atoms with Gasteiger partial charge in [0.25, 0.3) is 0 Å². The number of carbonyl (C=O) groups is 1. The Balaban J connectivity index is 2.39. The molecule has 0 aromatic carbocycles. The van der Waals surface area contributed by atoms with E-state index in [-0.39, 0.29) is 0 Å². The molecule has 8 N–H and O–H groups in total. The first-order valence-corrected chi connectivity index (χ1v) is 9.22. The fourth-order valence-electron chi connectivity index (χ4n) is 2.49. The Labute approximate surface area is 143 Å². The highest BCUT2D eigenvalue weighted by Gasteiger charge is 2.46.